The van der Waals surface area contributed by atoms with Crippen molar-refractivity contribution < 1.29 is 26.6 Å². The lowest BCUT2D eigenvalue weighted by Crippen LogP contribution is -2.52. The second-order valence-electron chi connectivity index (χ2n) is 4.77. The summed E-state index contributed by atoms with van der Waals surface area (Å²) < 4.78 is 33.9. The zero-order valence-corrected chi connectivity index (χ0v) is 25.8. The van der Waals surface area contributed by atoms with Crippen LogP contribution in [-0.2, 0) is 26.6 Å². The van der Waals surface area contributed by atoms with Crippen LogP contribution in [0.5, 0.6) is 0 Å². The summed E-state index contributed by atoms with van der Waals surface area (Å²) in [5, 5.41) is 0. The molecule has 0 aliphatic carbocycles. The van der Waals surface area contributed by atoms with E-state index in [2.05, 4.69) is 13.8 Å². The third-order valence-electron chi connectivity index (χ3n) is 3.33. The molecule has 2 atom stereocenters. The van der Waals surface area contributed by atoms with Gasteiger partial charge >= 0.3 is 17.6 Å². The lowest BCUT2D eigenvalue weighted by molar-refractivity contribution is 0.103. The molecule has 0 bridgehead atoms. The van der Waals surface area contributed by atoms with Gasteiger partial charge in [-0.25, -0.2) is 0 Å². The van der Waals surface area contributed by atoms with Crippen molar-refractivity contribution in [1.82, 2.24) is 0 Å². The molecular weight excluding hydrogens is 553 g/mol. The Balaban J connectivity index is 4.01. The largest absolute Gasteiger partial charge is 0.514 e. The van der Waals surface area contributed by atoms with Crippen molar-refractivity contribution in [2.45, 2.75) is 37.4 Å². The quantitative estimate of drug-likeness (QED) is 0.0927. The van der Waals surface area contributed by atoms with Gasteiger partial charge in [0.05, 0.1) is 9.75 Å². The summed E-state index contributed by atoms with van der Waals surface area (Å²) in [6.07, 6.45) is 0. The van der Waals surface area contributed by atoms with Crippen LogP contribution in [0, 0.1) is 0 Å². The molecule has 0 radical (unpaired) electrons. The van der Waals surface area contributed by atoms with E-state index >= 15 is 0 Å². The van der Waals surface area contributed by atoms with E-state index in [1.807, 2.05) is 13.8 Å². The van der Waals surface area contributed by atoms with Gasteiger partial charge in [0, 0.05) is 41.7 Å². The summed E-state index contributed by atoms with van der Waals surface area (Å²) >= 11 is 0. The van der Waals surface area contributed by atoms with E-state index in [1.54, 1.807) is 109 Å². The molecule has 0 N–H and O–H groups in total. The monoisotopic (exact) mass is 582 g/mol. The Morgan fingerprint density at radius 1 is 0.571 bits per heavy atom. The molecule has 28 heavy (non-hydrogen) atoms. The Bertz CT molecular complexity index is 350. The zero-order chi connectivity index (χ0) is 21.5. The third-order valence-corrected chi connectivity index (χ3v) is 27.9. The molecule has 0 spiro atoms. The Labute approximate surface area is 202 Å². The summed E-state index contributed by atoms with van der Waals surface area (Å²) in [6.45, 7) is 9.27. The lowest BCUT2D eigenvalue weighted by atomic mass is 10.9. The van der Waals surface area contributed by atoms with Gasteiger partial charge in [-0.15, -0.1) is 0 Å². The van der Waals surface area contributed by atoms with Crippen molar-refractivity contribution in [3.8, 4) is 0 Å². The van der Waals surface area contributed by atoms with Gasteiger partial charge in [0.2, 0.25) is 0 Å². The molecule has 0 aliphatic heterocycles. The fourth-order valence-electron chi connectivity index (χ4n) is 2.02. The highest BCUT2D eigenvalue weighted by Gasteiger charge is 2.47. The van der Waals surface area contributed by atoms with Crippen LogP contribution in [0.2, 0.25) is 0 Å². The van der Waals surface area contributed by atoms with E-state index in [4.69, 9.17) is 26.6 Å². The van der Waals surface area contributed by atoms with Crippen LogP contribution in [0.25, 0.3) is 0 Å². The highest BCUT2D eigenvalue weighted by molar-refractivity contribution is 9.48. The molecule has 0 rings (SSSR count). The highest BCUT2D eigenvalue weighted by atomic mass is 34.0. The predicted octanol–water partition coefficient (Wildman–Crippen LogP) is 6.65. The molecule has 0 saturated carbocycles. The van der Waals surface area contributed by atoms with Gasteiger partial charge < -0.3 is 26.6 Å². The normalized spacial score (nSPS) is 15.0. The molecule has 0 aromatic heterocycles. The van der Waals surface area contributed by atoms with E-state index in [1.165, 1.54) is 0 Å². The van der Waals surface area contributed by atoms with Crippen molar-refractivity contribution in [3.05, 3.63) is 0 Å². The molecule has 2 unspecified atom stereocenters. The summed E-state index contributed by atoms with van der Waals surface area (Å²) in [7, 11) is 15.2. The summed E-state index contributed by atoms with van der Waals surface area (Å²) in [4.78, 5) is 0.312. The van der Waals surface area contributed by atoms with Crippen LogP contribution in [0.15, 0.2) is 0 Å². The fourth-order valence-corrected chi connectivity index (χ4v) is 28.8. The second kappa shape index (κ2) is 18.4. The van der Waals surface area contributed by atoms with Crippen molar-refractivity contribution in [1.29, 1.82) is 0 Å². The molecule has 0 fully saturated rings. The predicted molar refractivity (Wildman–Crippen MR) is 142 cm³/mol. The fraction of sp³-hybridized carbons (Fsp3) is 1.00. The van der Waals surface area contributed by atoms with Crippen molar-refractivity contribution >= 4 is 98.2 Å². The molecule has 0 aromatic carbocycles. The SMILES string of the molecule is CCO[Si](OC)(OC)C(C)SSSSSSSSC(C)[Si](OC)(OC)OCC. The number of rotatable bonds is 19. The zero-order valence-electron chi connectivity index (χ0n) is 17.3. The molecule has 170 valence electrons. The topological polar surface area (TPSA) is 55.4 Å². The van der Waals surface area contributed by atoms with Crippen LogP contribution < -0.4 is 0 Å². The van der Waals surface area contributed by atoms with Gasteiger partial charge in [0.1, 0.15) is 0 Å². The van der Waals surface area contributed by atoms with Crippen LogP contribution in [0.1, 0.15) is 27.7 Å². The minimum Gasteiger partial charge on any atom is -0.376 e. The first-order valence-electron chi connectivity index (χ1n) is 8.22. The smallest absolute Gasteiger partial charge is 0.376 e. The lowest BCUT2D eigenvalue weighted by Gasteiger charge is -2.30. The highest BCUT2D eigenvalue weighted by Crippen LogP contribution is 2.58. The minimum absolute atomic E-state index is 0.156. The molecule has 0 aromatic rings. The van der Waals surface area contributed by atoms with E-state index in [9.17, 15) is 0 Å². The van der Waals surface area contributed by atoms with Crippen molar-refractivity contribution in [3.63, 3.8) is 0 Å². The Kier molecular flexibility index (Phi) is 20.4. The molecular formula is C12H30O6S8Si2. The van der Waals surface area contributed by atoms with Crippen molar-refractivity contribution in [2.75, 3.05) is 41.7 Å². The molecule has 0 saturated heterocycles. The standard InChI is InChI=1S/C12H30O6S8Si2/c1-9-17-27(13-5,14-6)11(3)19-21-23-25-26-24-22-20-12(4)28(15-7,16-8)18-10-2/h11-12H,9-10H2,1-8H3. The Hall–Kier alpha value is 2.99. The maximum absolute atomic E-state index is 5.79. The van der Waals surface area contributed by atoms with Gasteiger partial charge in [0.25, 0.3) is 0 Å². The summed E-state index contributed by atoms with van der Waals surface area (Å²) in [5.74, 6) is 0. The van der Waals surface area contributed by atoms with Gasteiger partial charge in [-0.1, -0.05) is 21.6 Å². The molecule has 6 nitrogen and oxygen atoms in total. The first kappa shape index (κ1) is 31.0. The van der Waals surface area contributed by atoms with Gasteiger partial charge in [0.15, 0.2) is 0 Å². The van der Waals surface area contributed by atoms with E-state index < -0.39 is 17.6 Å². The summed E-state index contributed by atoms with van der Waals surface area (Å²) in [5.41, 5.74) is 0. The van der Waals surface area contributed by atoms with Crippen molar-refractivity contribution in [2.24, 2.45) is 0 Å². The van der Waals surface area contributed by atoms with Crippen LogP contribution in [0.4, 0.5) is 0 Å². The maximum Gasteiger partial charge on any atom is 0.514 e. The summed E-state index contributed by atoms with van der Waals surface area (Å²) in [6, 6.07) is 0. The third kappa shape index (κ3) is 10.7. The van der Waals surface area contributed by atoms with Gasteiger partial charge in [-0.05, 0) is 86.7 Å². The molecule has 0 aliphatic rings. The Morgan fingerprint density at radius 3 is 1.11 bits per heavy atom. The van der Waals surface area contributed by atoms with E-state index in [0.717, 1.165) is 0 Å². The maximum atomic E-state index is 5.79. The Morgan fingerprint density at radius 2 is 0.857 bits per heavy atom. The van der Waals surface area contributed by atoms with Crippen LogP contribution in [-0.4, -0.2) is 69.0 Å². The van der Waals surface area contributed by atoms with E-state index in [0.29, 0.717) is 13.2 Å². The first-order chi connectivity index (χ1) is 13.4. The molecule has 0 amide bonds. The van der Waals surface area contributed by atoms with Gasteiger partial charge in [-0.3, -0.25) is 0 Å². The molecule has 16 heteroatoms. The number of hydrogen-bond acceptors (Lipinski definition) is 14. The average Bonchev–Trinajstić information content (AvgIpc) is 2.71. The van der Waals surface area contributed by atoms with E-state index in [-0.39, 0.29) is 9.75 Å². The first-order valence-corrected chi connectivity index (χ1v) is 22.1. The second-order valence-corrected chi connectivity index (χ2v) is 25.5. The molecule has 0 heterocycles. The average molecular weight is 583 g/mol. The van der Waals surface area contributed by atoms with Crippen LogP contribution >= 0.6 is 80.5 Å². The van der Waals surface area contributed by atoms with Gasteiger partial charge in [-0.2, -0.15) is 0 Å². The van der Waals surface area contributed by atoms with Crippen LogP contribution in [0.3, 0.4) is 0 Å². The minimum atomic E-state index is -2.60. The number of hydrogen-bond donors (Lipinski definition) is 0.